The number of hydrogen-bond donors (Lipinski definition) is 1. The van der Waals surface area contributed by atoms with Gasteiger partial charge in [0.25, 0.3) is 0 Å². The Balaban J connectivity index is 1.54. The van der Waals surface area contributed by atoms with Gasteiger partial charge in [0.1, 0.15) is 0 Å². The summed E-state index contributed by atoms with van der Waals surface area (Å²) >= 11 is 4.04. The average molecular weight is 267 g/mol. The summed E-state index contributed by atoms with van der Waals surface area (Å²) in [5.41, 5.74) is 0. The molecule has 1 saturated carbocycles. The number of nitrogens with one attached hydrogen (secondary N) is 1. The number of thiophene rings is 1. The zero-order chi connectivity index (χ0) is 11.5. The summed E-state index contributed by atoms with van der Waals surface area (Å²) in [6.45, 7) is 1.24. The van der Waals surface area contributed by atoms with E-state index in [1.807, 2.05) is 11.3 Å². The average Bonchev–Trinajstić information content (AvgIpc) is 3.06. The van der Waals surface area contributed by atoms with Gasteiger partial charge in [-0.3, -0.25) is 0 Å². The molecule has 3 heteroatoms. The quantitative estimate of drug-likeness (QED) is 0.867. The Morgan fingerprint density at radius 3 is 2.71 bits per heavy atom. The number of rotatable bonds is 5. The summed E-state index contributed by atoms with van der Waals surface area (Å²) < 4.78 is 0. The molecular formula is C14H21NS2. The molecule has 1 aliphatic carbocycles. The van der Waals surface area contributed by atoms with Crippen molar-refractivity contribution in [3.63, 3.8) is 0 Å². The normalized spacial score (nSPS) is 23.8. The van der Waals surface area contributed by atoms with E-state index in [2.05, 4.69) is 34.6 Å². The Morgan fingerprint density at radius 1 is 1.24 bits per heavy atom. The van der Waals surface area contributed by atoms with E-state index in [1.165, 1.54) is 43.7 Å². The van der Waals surface area contributed by atoms with Crippen LogP contribution in [0.2, 0.25) is 0 Å². The predicted molar refractivity (Wildman–Crippen MR) is 77.8 cm³/mol. The molecule has 1 saturated heterocycles. The van der Waals surface area contributed by atoms with Crippen molar-refractivity contribution in [2.45, 2.75) is 31.7 Å². The van der Waals surface area contributed by atoms with Crippen molar-refractivity contribution in [2.24, 2.45) is 11.8 Å². The van der Waals surface area contributed by atoms with Crippen LogP contribution in [0.15, 0.2) is 17.5 Å². The van der Waals surface area contributed by atoms with Gasteiger partial charge in [-0.2, -0.15) is 11.8 Å². The second-order valence-electron chi connectivity index (χ2n) is 5.29. The molecular weight excluding hydrogens is 246 g/mol. The zero-order valence-electron chi connectivity index (χ0n) is 10.2. The molecule has 0 spiro atoms. The van der Waals surface area contributed by atoms with Crippen LogP contribution in [0.4, 0.5) is 0 Å². The van der Waals surface area contributed by atoms with Gasteiger partial charge in [-0.1, -0.05) is 6.07 Å². The molecule has 1 aromatic heterocycles. The predicted octanol–water partition coefficient (Wildman–Crippen LogP) is 3.93. The molecule has 0 radical (unpaired) electrons. The molecule has 1 unspecified atom stereocenters. The minimum absolute atomic E-state index is 0.657. The highest BCUT2D eigenvalue weighted by molar-refractivity contribution is 7.99. The summed E-state index contributed by atoms with van der Waals surface area (Å²) in [7, 11) is 0. The minimum Gasteiger partial charge on any atom is -0.309 e. The maximum Gasteiger partial charge on any atom is 0.0443 e. The van der Waals surface area contributed by atoms with Crippen molar-refractivity contribution in [1.29, 1.82) is 0 Å². The van der Waals surface area contributed by atoms with Crippen LogP contribution in [0.3, 0.4) is 0 Å². The van der Waals surface area contributed by atoms with Crippen LogP contribution < -0.4 is 5.32 Å². The molecule has 0 amide bonds. The van der Waals surface area contributed by atoms with Gasteiger partial charge in [-0.15, -0.1) is 11.3 Å². The Bertz CT molecular complexity index is 326. The first-order valence-electron chi connectivity index (χ1n) is 6.78. The fraction of sp³-hybridized carbons (Fsp3) is 0.714. The van der Waals surface area contributed by atoms with Gasteiger partial charge in [0.15, 0.2) is 0 Å². The molecule has 2 fully saturated rings. The third kappa shape index (κ3) is 3.27. The van der Waals surface area contributed by atoms with Gasteiger partial charge in [0.05, 0.1) is 0 Å². The lowest BCUT2D eigenvalue weighted by Gasteiger charge is -2.25. The molecule has 17 heavy (non-hydrogen) atoms. The largest absolute Gasteiger partial charge is 0.309 e. The lowest BCUT2D eigenvalue weighted by Crippen LogP contribution is -2.30. The second-order valence-corrected chi connectivity index (χ2v) is 7.50. The van der Waals surface area contributed by atoms with Crippen molar-refractivity contribution in [3.05, 3.63) is 22.4 Å². The lowest BCUT2D eigenvalue weighted by molar-refractivity contribution is 0.393. The lowest BCUT2D eigenvalue weighted by atomic mass is 10.0. The van der Waals surface area contributed by atoms with E-state index in [1.54, 1.807) is 4.88 Å². The second kappa shape index (κ2) is 5.77. The molecule has 0 bridgehead atoms. The highest BCUT2D eigenvalue weighted by Gasteiger charge is 2.33. The van der Waals surface area contributed by atoms with Gasteiger partial charge in [-0.25, -0.2) is 0 Å². The summed E-state index contributed by atoms with van der Waals surface area (Å²) in [5.74, 6) is 4.60. The molecule has 1 nitrogen and oxygen atoms in total. The van der Waals surface area contributed by atoms with E-state index in [0.29, 0.717) is 6.04 Å². The first kappa shape index (κ1) is 12.1. The molecule has 1 aliphatic heterocycles. The molecule has 1 N–H and O–H groups in total. The van der Waals surface area contributed by atoms with Crippen LogP contribution in [0, 0.1) is 11.8 Å². The van der Waals surface area contributed by atoms with E-state index in [4.69, 9.17) is 0 Å². The minimum atomic E-state index is 0.657. The van der Waals surface area contributed by atoms with E-state index < -0.39 is 0 Å². The van der Waals surface area contributed by atoms with Crippen LogP contribution in [0.25, 0.3) is 0 Å². The molecule has 1 aromatic rings. The molecule has 1 atom stereocenters. The van der Waals surface area contributed by atoms with E-state index >= 15 is 0 Å². The van der Waals surface area contributed by atoms with Gasteiger partial charge >= 0.3 is 0 Å². The van der Waals surface area contributed by atoms with Crippen molar-refractivity contribution < 1.29 is 0 Å². The smallest absolute Gasteiger partial charge is 0.0443 e. The maximum absolute atomic E-state index is 3.85. The Hall–Kier alpha value is 0.01000. The Kier molecular flexibility index (Phi) is 4.09. The van der Waals surface area contributed by atoms with Crippen molar-refractivity contribution >= 4 is 23.1 Å². The highest BCUT2D eigenvalue weighted by Crippen LogP contribution is 2.42. The van der Waals surface area contributed by atoms with Crippen LogP contribution >= 0.6 is 23.1 Å². The van der Waals surface area contributed by atoms with E-state index in [0.717, 1.165) is 11.8 Å². The van der Waals surface area contributed by atoms with Crippen molar-refractivity contribution in [3.8, 4) is 0 Å². The fourth-order valence-corrected chi connectivity index (χ4v) is 4.74. The summed E-state index contributed by atoms with van der Waals surface area (Å²) in [6, 6.07) is 5.15. The van der Waals surface area contributed by atoms with Gasteiger partial charge < -0.3 is 5.32 Å². The Morgan fingerprint density at radius 2 is 2.06 bits per heavy atom. The SMILES string of the molecule is c1csc(C(NCC2CCSCC2)C2CC2)c1. The zero-order valence-corrected chi connectivity index (χ0v) is 11.9. The first-order chi connectivity index (χ1) is 8.43. The molecule has 3 rings (SSSR count). The summed E-state index contributed by atoms with van der Waals surface area (Å²) in [6.07, 6.45) is 5.69. The van der Waals surface area contributed by atoms with E-state index in [9.17, 15) is 0 Å². The standard InChI is InChI=1S/C14H21NS2/c1-2-13(17-7-1)14(12-3-4-12)15-10-11-5-8-16-9-6-11/h1-2,7,11-12,14-15H,3-6,8-10H2. The van der Waals surface area contributed by atoms with Gasteiger partial charge in [-0.05, 0) is 67.0 Å². The van der Waals surface area contributed by atoms with Crippen LogP contribution in [-0.2, 0) is 0 Å². The summed E-state index contributed by atoms with van der Waals surface area (Å²) in [4.78, 5) is 1.55. The van der Waals surface area contributed by atoms with Crippen LogP contribution in [-0.4, -0.2) is 18.1 Å². The molecule has 2 aliphatic rings. The maximum atomic E-state index is 3.85. The monoisotopic (exact) mass is 267 g/mol. The van der Waals surface area contributed by atoms with Crippen LogP contribution in [0.1, 0.15) is 36.6 Å². The molecule has 94 valence electrons. The van der Waals surface area contributed by atoms with Crippen molar-refractivity contribution in [1.82, 2.24) is 5.32 Å². The van der Waals surface area contributed by atoms with Crippen LogP contribution in [0.5, 0.6) is 0 Å². The highest BCUT2D eigenvalue weighted by atomic mass is 32.2. The van der Waals surface area contributed by atoms with E-state index in [-0.39, 0.29) is 0 Å². The van der Waals surface area contributed by atoms with Crippen molar-refractivity contribution in [2.75, 3.05) is 18.1 Å². The molecule has 2 heterocycles. The number of thioether (sulfide) groups is 1. The van der Waals surface area contributed by atoms with Gasteiger partial charge in [0, 0.05) is 10.9 Å². The first-order valence-corrected chi connectivity index (χ1v) is 8.81. The summed E-state index contributed by atoms with van der Waals surface area (Å²) in [5, 5.41) is 6.07. The number of hydrogen-bond acceptors (Lipinski definition) is 3. The Labute approximate surface area is 112 Å². The molecule has 0 aromatic carbocycles. The topological polar surface area (TPSA) is 12.0 Å². The third-order valence-corrected chi connectivity index (χ3v) is 5.91. The third-order valence-electron chi connectivity index (χ3n) is 3.91. The van der Waals surface area contributed by atoms with Gasteiger partial charge in [0.2, 0.25) is 0 Å². The fourth-order valence-electron chi connectivity index (χ4n) is 2.64.